The number of nitrogens with two attached hydrogens (primary N) is 1. The van der Waals surface area contributed by atoms with Crippen LogP contribution in [0.15, 0.2) is 18.2 Å². The number of amides is 2. The van der Waals surface area contributed by atoms with Gasteiger partial charge in [-0.1, -0.05) is 0 Å². The third-order valence-corrected chi connectivity index (χ3v) is 4.46. The zero-order valence-corrected chi connectivity index (χ0v) is 16.2. The van der Waals surface area contributed by atoms with E-state index in [1.807, 2.05) is 20.8 Å². The molecule has 0 aliphatic carbocycles. The standard InChI is InChI=1S/C19H29N3O4/c1-19(2,3)26-18(24)21(4)14-8-10-22(11-9-14)17(23)13-6-7-16(25-5)15(20)12-13/h6-7,12,14H,8-11,20H2,1-5H3. The highest BCUT2D eigenvalue weighted by molar-refractivity contribution is 5.95. The summed E-state index contributed by atoms with van der Waals surface area (Å²) in [5.74, 6) is 0.497. The van der Waals surface area contributed by atoms with Crippen molar-refractivity contribution in [3.63, 3.8) is 0 Å². The van der Waals surface area contributed by atoms with Crippen LogP contribution in [0.3, 0.4) is 0 Å². The molecule has 1 saturated heterocycles. The number of methoxy groups -OCH3 is 1. The second-order valence-corrected chi connectivity index (χ2v) is 7.57. The highest BCUT2D eigenvalue weighted by Gasteiger charge is 2.30. The van der Waals surface area contributed by atoms with E-state index in [0.717, 1.165) is 0 Å². The quantitative estimate of drug-likeness (QED) is 0.835. The van der Waals surface area contributed by atoms with Crippen LogP contribution < -0.4 is 10.5 Å². The predicted octanol–water partition coefficient (Wildman–Crippen LogP) is 2.75. The molecule has 0 aromatic heterocycles. The Bertz CT molecular complexity index is 661. The molecular formula is C19H29N3O4. The zero-order chi connectivity index (χ0) is 19.5. The molecule has 1 aliphatic rings. The monoisotopic (exact) mass is 363 g/mol. The Kier molecular flexibility index (Phi) is 6.00. The highest BCUT2D eigenvalue weighted by Crippen LogP contribution is 2.24. The first-order valence-electron chi connectivity index (χ1n) is 8.81. The van der Waals surface area contributed by atoms with E-state index in [1.165, 1.54) is 0 Å². The molecule has 0 saturated carbocycles. The van der Waals surface area contributed by atoms with E-state index in [9.17, 15) is 9.59 Å². The summed E-state index contributed by atoms with van der Waals surface area (Å²) >= 11 is 0. The first-order chi connectivity index (χ1) is 12.1. The molecule has 1 fully saturated rings. The lowest BCUT2D eigenvalue weighted by Crippen LogP contribution is -2.48. The van der Waals surface area contributed by atoms with E-state index >= 15 is 0 Å². The van der Waals surface area contributed by atoms with Crippen LogP contribution in [-0.2, 0) is 4.74 Å². The Hall–Kier alpha value is -2.44. The molecule has 0 radical (unpaired) electrons. The number of nitrogens with zero attached hydrogens (tertiary/aromatic N) is 2. The van der Waals surface area contributed by atoms with E-state index < -0.39 is 5.60 Å². The number of ether oxygens (including phenoxy) is 2. The summed E-state index contributed by atoms with van der Waals surface area (Å²) in [6, 6.07) is 5.12. The van der Waals surface area contributed by atoms with Crippen LogP contribution in [-0.4, -0.2) is 60.7 Å². The minimum Gasteiger partial charge on any atom is -0.495 e. The van der Waals surface area contributed by atoms with Gasteiger partial charge in [-0.25, -0.2) is 4.79 Å². The lowest BCUT2D eigenvalue weighted by atomic mass is 10.0. The fraction of sp³-hybridized carbons (Fsp3) is 0.579. The van der Waals surface area contributed by atoms with Gasteiger partial charge in [0.05, 0.1) is 12.8 Å². The maximum absolute atomic E-state index is 12.7. The summed E-state index contributed by atoms with van der Waals surface area (Å²) in [5, 5.41) is 0. The number of carbonyl (C=O) groups excluding carboxylic acids is 2. The van der Waals surface area contributed by atoms with Gasteiger partial charge in [-0.05, 0) is 51.8 Å². The van der Waals surface area contributed by atoms with E-state index in [-0.39, 0.29) is 18.0 Å². The molecule has 0 atom stereocenters. The number of piperidine rings is 1. The van der Waals surface area contributed by atoms with Gasteiger partial charge in [0, 0.05) is 31.7 Å². The molecule has 2 amide bonds. The molecule has 0 unspecified atom stereocenters. The summed E-state index contributed by atoms with van der Waals surface area (Å²) in [4.78, 5) is 28.3. The van der Waals surface area contributed by atoms with Crippen LogP contribution in [0.2, 0.25) is 0 Å². The van der Waals surface area contributed by atoms with Crippen LogP contribution in [0.1, 0.15) is 44.0 Å². The van der Waals surface area contributed by atoms with E-state index in [0.29, 0.717) is 42.9 Å². The third kappa shape index (κ3) is 4.80. The Morgan fingerprint density at radius 1 is 1.23 bits per heavy atom. The van der Waals surface area contributed by atoms with Crippen molar-refractivity contribution < 1.29 is 19.1 Å². The number of anilines is 1. The van der Waals surface area contributed by atoms with Crippen molar-refractivity contribution in [1.82, 2.24) is 9.80 Å². The summed E-state index contributed by atoms with van der Waals surface area (Å²) in [5.41, 5.74) is 6.36. The lowest BCUT2D eigenvalue weighted by Gasteiger charge is -2.37. The van der Waals surface area contributed by atoms with Crippen molar-refractivity contribution in [2.45, 2.75) is 45.3 Å². The Morgan fingerprint density at radius 3 is 2.35 bits per heavy atom. The average Bonchev–Trinajstić information content (AvgIpc) is 2.59. The van der Waals surface area contributed by atoms with E-state index in [2.05, 4.69) is 0 Å². The van der Waals surface area contributed by atoms with E-state index in [1.54, 1.807) is 42.2 Å². The molecule has 26 heavy (non-hydrogen) atoms. The number of hydrogen-bond acceptors (Lipinski definition) is 5. The molecule has 2 rings (SSSR count). The number of carbonyl (C=O) groups is 2. The number of rotatable bonds is 3. The van der Waals surface area contributed by atoms with Gasteiger partial charge in [-0.3, -0.25) is 4.79 Å². The van der Waals surface area contributed by atoms with Crippen molar-refractivity contribution in [1.29, 1.82) is 0 Å². The van der Waals surface area contributed by atoms with Crippen LogP contribution in [0.5, 0.6) is 5.75 Å². The van der Waals surface area contributed by atoms with Gasteiger partial charge in [-0.15, -0.1) is 0 Å². The van der Waals surface area contributed by atoms with Gasteiger partial charge in [0.2, 0.25) is 0 Å². The number of hydrogen-bond donors (Lipinski definition) is 1. The molecule has 2 N–H and O–H groups in total. The number of likely N-dealkylation sites (tertiary alicyclic amines) is 1. The zero-order valence-electron chi connectivity index (χ0n) is 16.2. The SMILES string of the molecule is COc1ccc(C(=O)N2CCC(N(C)C(=O)OC(C)(C)C)CC2)cc1N. The summed E-state index contributed by atoms with van der Waals surface area (Å²) in [6.45, 7) is 6.72. The molecule has 1 aromatic carbocycles. The van der Waals surface area contributed by atoms with Crippen molar-refractivity contribution in [2.24, 2.45) is 0 Å². The van der Waals surface area contributed by atoms with Gasteiger partial charge in [0.15, 0.2) is 0 Å². The second kappa shape index (κ2) is 7.85. The second-order valence-electron chi connectivity index (χ2n) is 7.57. The average molecular weight is 363 g/mol. The van der Waals surface area contributed by atoms with Gasteiger partial charge in [-0.2, -0.15) is 0 Å². The van der Waals surface area contributed by atoms with Crippen molar-refractivity contribution in [2.75, 3.05) is 33.0 Å². The molecule has 0 bridgehead atoms. The van der Waals surface area contributed by atoms with Crippen LogP contribution >= 0.6 is 0 Å². The van der Waals surface area contributed by atoms with Crippen LogP contribution in [0.25, 0.3) is 0 Å². The van der Waals surface area contributed by atoms with Crippen molar-refractivity contribution >= 4 is 17.7 Å². The molecule has 1 aliphatic heterocycles. The number of nitrogen functional groups attached to an aromatic ring is 1. The fourth-order valence-corrected chi connectivity index (χ4v) is 2.99. The molecule has 7 heteroatoms. The van der Waals surface area contributed by atoms with Gasteiger partial charge in [0.1, 0.15) is 11.4 Å². The normalized spacial score (nSPS) is 15.5. The van der Waals surface area contributed by atoms with Crippen LogP contribution in [0, 0.1) is 0 Å². The largest absolute Gasteiger partial charge is 0.495 e. The maximum Gasteiger partial charge on any atom is 0.410 e. The molecule has 144 valence electrons. The van der Waals surface area contributed by atoms with E-state index in [4.69, 9.17) is 15.2 Å². The van der Waals surface area contributed by atoms with Gasteiger partial charge < -0.3 is 25.0 Å². The molecule has 1 aromatic rings. The smallest absolute Gasteiger partial charge is 0.410 e. The first kappa shape index (κ1) is 19.9. The van der Waals surface area contributed by atoms with Crippen molar-refractivity contribution in [3.05, 3.63) is 23.8 Å². The molecular weight excluding hydrogens is 334 g/mol. The molecule has 7 nitrogen and oxygen atoms in total. The summed E-state index contributed by atoms with van der Waals surface area (Å²) in [6.07, 6.45) is 1.10. The minimum absolute atomic E-state index is 0.0577. The Morgan fingerprint density at radius 2 is 1.85 bits per heavy atom. The predicted molar refractivity (Wildman–Crippen MR) is 100 cm³/mol. The topological polar surface area (TPSA) is 85.1 Å². The Labute approximate surface area is 155 Å². The minimum atomic E-state index is -0.518. The Balaban J connectivity index is 1.94. The molecule has 0 spiro atoms. The third-order valence-electron chi connectivity index (χ3n) is 4.46. The highest BCUT2D eigenvalue weighted by atomic mass is 16.6. The van der Waals surface area contributed by atoms with Crippen molar-refractivity contribution in [3.8, 4) is 5.75 Å². The fourth-order valence-electron chi connectivity index (χ4n) is 2.99. The first-order valence-corrected chi connectivity index (χ1v) is 8.81. The maximum atomic E-state index is 12.7. The molecule has 1 heterocycles. The lowest BCUT2D eigenvalue weighted by molar-refractivity contribution is 0.0156. The van der Waals surface area contributed by atoms with Gasteiger partial charge >= 0.3 is 6.09 Å². The summed E-state index contributed by atoms with van der Waals surface area (Å²) in [7, 11) is 3.29. The van der Waals surface area contributed by atoms with Crippen LogP contribution in [0.4, 0.5) is 10.5 Å². The summed E-state index contributed by atoms with van der Waals surface area (Å²) < 4.78 is 10.5. The van der Waals surface area contributed by atoms with Gasteiger partial charge in [0.25, 0.3) is 5.91 Å². The number of benzene rings is 1.